The van der Waals surface area contributed by atoms with Gasteiger partial charge in [0.2, 0.25) is 11.7 Å². The van der Waals surface area contributed by atoms with Crippen molar-refractivity contribution in [3.05, 3.63) is 59.2 Å². The number of aromatic hydroxyl groups is 1. The summed E-state index contributed by atoms with van der Waals surface area (Å²) in [6.45, 7) is 0. The fourth-order valence-corrected chi connectivity index (χ4v) is 6.49. The third-order valence-corrected chi connectivity index (χ3v) is 8.06. The standard InChI is InChI=1S/C27H28N2O7/c1-29(2)21-16-11-13-10-15-14(12-6-4-3-5-7-12)8-9-17(30)19(15)22(31)18(13)24(33)27(16,36)25(34)20(23(21)32)26(28)35/h3-9,13,16,20-21,23,30-32,36H,10-11H2,1-2H3,(H2,28,35)/t13-,16-,20?,21-,23?,27-/m1/s1. The number of fused-ring (bicyclic) bond motifs is 3. The molecular weight excluding hydrogens is 464 g/mol. The molecule has 9 heteroatoms. The first-order chi connectivity index (χ1) is 17.0. The maximum absolute atomic E-state index is 13.8. The second kappa shape index (κ2) is 8.26. The average Bonchev–Trinajstić information content (AvgIpc) is 2.81. The van der Waals surface area contributed by atoms with E-state index in [-0.39, 0.29) is 29.7 Å². The van der Waals surface area contributed by atoms with E-state index in [1.165, 1.54) is 6.07 Å². The second-order valence-electron chi connectivity index (χ2n) is 10.1. The molecule has 2 aromatic rings. The first-order valence-electron chi connectivity index (χ1n) is 11.8. The number of carbonyl (C=O) groups is 3. The zero-order valence-corrected chi connectivity index (χ0v) is 19.9. The van der Waals surface area contributed by atoms with Gasteiger partial charge in [0.05, 0.1) is 11.7 Å². The van der Waals surface area contributed by atoms with Crippen LogP contribution in [0.1, 0.15) is 17.5 Å². The lowest BCUT2D eigenvalue weighted by Gasteiger charge is -2.53. The SMILES string of the molecule is CN(C)[C@H]1C(O)C(C(N)=O)C(=O)[C@]2(O)C(=O)C3=C(O)c4c(O)ccc(-c5ccccc5)c4C[C@@H]3C[C@H]12. The first-order valence-corrected chi connectivity index (χ1v) is 11.8. The van der Waals surface area contributed by atoms with Crippen molar-refractivity contribution in [3.8, 4) is 16.9 Å². The predicted molar refractivity (Wildman–Crippen MR) is 130 cm³/mol. The number of benzene rings is 2. The van der Waals surface area contributed by atoms with Crippen LogP contribution in [0.2, 0.25) is 0 Å². The Morgan fingerprint density at radius 2 is 1.75 bits per heavy atom. The molecule has 0 aliphatic heterocycles. The Bertz CT molecular complexity index is 1320. The van der Waals surface area contributed by atoms with Gasteiger partial charge < -0.3 is 31.1 Å². The zero-order chi connectivity index (χ0) is 26.1. The van der Waals surface area contributed by atoms with Gasteiger partial charge in [-0.25, -0.2) is 0 Å². The molecule has 3 aliphatic carbocycles. The molecule has 2 saturated carbocycles. The highest BCUT2D eigenvalue weighted by Crippen LogP contribution is 2.53. The van der Waals surface area contributed by atoms with Gasteiger partial charge in [0.15, 0.2) is 11.4 Å². The van der Waals surface area contributed by atoms with Crippen LogP contribution in [0.15, 0.2) is 48.0 Å². The van der Waals surface area contributed by atoms with Crippen molar-refractivity contribution in [1.82, 2.24) is 4.90 Å². The number of aliphatic hydroxyl groups excluding tert-OH is 2. The monoisotopic (exact) mass is 492 g/mol. The fourth-order valence-electron chi connectivity index (χ4n) is 6.49. The van der Waals surface area contributed by atoms with Gasteiger partial charge in [0, 0.05) is 17.5 Å². The van der Waals surface area contributed by atoms with Gasteiger partial charge in [-0.05, 0) is 55.6 Å². The zero-order valence-electron chi connectivity index (χ0n) is 19.9. The van der Waals surface area contributed by atoms with E-state index in [0.717, 1.165) is 11.1 Å². The van der Waals surface area contributed by atoms with E-state index in [1.54, 1.807) is 25.1 Å². The number of Topliss-reactive ketones (excluding diaryl/α,β-unsaturated/α-hetero) is 2. The Kier molecular flexibility index (Phi) is 5.55. The van der Waals surface area contributed by atoms with Gasteiger partial charge in [-0.2, -0.15) is 0 Å². The van der Waals surface area contributed by atoms with Crippen LogP contribution < -0.4 is 5.73 Å². The van der Waals surface area contributed by atoms with Crippen LogP contribution >= 0.6 is 0 Å². The van der Waals surface area contributed by atoms with E-state index in [2.05, 4.69) is 0 Å². The fraction of sp³-hybridized carbons (Fsp3) is 0.370. The molecule has 0 aromatic heterocycles. The lowest BCUT2D eigenvalue weighted by atomic mass is 9.54. The van der Waals surface area contributed by atoms with Crippen molar-refractivity contribution in [2.45, 2.75) is 30.6 Å². The molecule has 2 aromatic carbocycles. The normalized spacial score (nSPS) is 31.6. The molecule has 0 saturated heterocycles. The quantitative estimate of drug-likeness (QED) is 0.393. The van der Waals surface area contributed by atoms with Gasteiger partial charge in [-0.1, -0.05) is 36.4 Å². The number of phenols is 1. The van der Waals surface area contributed by atoms with Crippen LogP contribution in [0.25, 0.3) is 16.9 Å². The van der Waals surface area contributed by atoms with Gasteiger partial charge in [0.25, 0.3) is 0 Å². The smallest absolute Gasteiger partial charge is 0.230 e. The molecule has 6 atom stereocenters. The summed E-state index contributed by atoms with van der Waals surface area (Å²) in [5, 5.41) is 44.5. The summed E-state index contributed by atoms with van der Waals surface area (Å²) in [6, 6.07) is 11.7. The topological polar surface area (TPSA) is 161 Å². The van der Waals surface area contributed by atoms with Gasteiger partial charge >= 0.3 is 0 Å². The summed E-state index contributed by atoms with van der Waals surface area (Å²) in [5.74, 6) is -7.47. The van der Waals surface area contributed by atoms with Crippen molar-refractivity contribution < 1.29 is 34.8 Å². The molecule has 0 bridgehead atoms. The molecule has 188 valence electrons. The van der Waals surface area contributed by atoms with E-state index in [9.17, 15) is 34.8 Å². The number of hydrogen-bond acceptors (Lipinski definition) is 8. The van der Waals surface area contributed by atoms with Crippen LogP contribution in [0.5, 0.6) is 5.75 Å². The third-order valence-electron chi connectivity index (χ3n) is 8.06. The second-order valence-corrected chi connectivity index (χ2v) is 10.1. The molecule has 0 heterocycles. The van der Waals surface area contributed by atoms with Crippen LogP contribution in [0, 0.1) is 17.8 Å². The molecule has 0 radical (unpaired) electrons. The largest absolute Gasteiger partial charge is 0.507 e. The molecular formula is C27H28N2O7. The van der Waals surface area contributed by atoms with E-state index in [1.807, 2.05) is 30.3 Å². The highest BCUT2D eigenvalue weighted by atomic mass is 16.3. The Balaban J connectivity index is 1.71. The summed E-state index contributed by atoms with van der Waals surface area (Å²) in [5.41, 5.74) is 4.95. The highest BCUT2D eigenvalue weighted by Gasteiger charge is 2.67. The average molecular weight is 493 g/mol. The van der Waals surface area contributed by atoms with E-state index in [0.29, 0.717) is 5.56 Å². The Morgan fingerprint density at radius 1 is 1.08 bits per heavy atom. The number of phenolic OH excluding ortho intramolecular Hbond substituents is 1. The molecule has 6 N–H and O–H groups in total. The predicted octanol–water partition coefficient (Wildman–Crippen LogP) is 0.796. The van der Waals surface area contributed by atoms with E-state index >= 15 is 0 Å². The maximum atomic E-state index is 13.8. The summed E-state index contributed by atoms with van der Waals surface area (Å²) >= 11 is 0. The number of primary amides is 1. The minimum Gasteiger partial charge on any atom is -0.507 e. The Morgan fingerprint density at radius 3 is 2.36 bits per heavy atom. The summed E-state index contributed by atoms with van der Waals surface area (Å²) in [4.78, 5) is 40.8. The number of rotatable bonds is 3. The molecule has 2 fully saturated rings. The molecule has 5 rings (SSSR count). The van der Waals surface area contributed by atoms with Crippen molar-refractivity contribution in [2.75, 3.05) is 14.1 Å². The number of aliphatic hydroxyl groups is 3. The number of nitrogens with zero attached hydrogens (tertiary/aromatic N) is 1. The van der Waals surface area contributed by atoms with Gasteiger partial charge in [0.1, 0.15) is 17.4 Å². The Labute approximate surface area is 207 Å². The number of amides is 1. The number of likely N-dealkylation sites (N-methyl/N-ethyl adjacent to an activating group) is 1. The van der Waals surface area contributed by atoms with Crippen LogP contribution in [-0.4, -0.2) is 74.6 Å². The summed E-state index contributed by atoms with van der Waals surface area (Å²) in [6.07, 6.45) is -1.17. The Hall–Kier alpha value is -3.53. The molecule has 9 nitrogen and oxygen atoms in total. The lowest BCUT2D eigenvalue weighted by molar-refractivity contribution is -0.184. The van der Waals surface area contributed by atoms with Gasteiger partial charge in [-0.15, -0.1) is 0 Å². The number of nitrogens with two attached hydrogens (primary N) is 1. The molecule has 3 aliphatic rings. The van der Waals surface area contributed by atoms with Gasteiger partial charge in [-0.3, -0.25) is 14.4 Å². The van der Waals surface area contributed by atoms with Crippen molar-refractivity contribution >= 4 is 23.2 Å². The molecule has 1 amide bonds. The minimum absolute atomic E-state index is 0.0805. The molecule has 0 spiro atoms. The molecule has 2 unspecified atom stereocenters. The summed E-state index contributed by atoms with van der Waals surface area (Å²) in [7, 11) is 3.24. The highest BCUT2D eigenvalue weighted by molar-refractivity contribution is 6.25. The number of hydrogen-bond donors (Lipinski definition) is 5. The van der Waals surface area contributed by atoms with Crippen LogP contribution in [0.4, 0.5) is 0 Å². The third kappa shape index (κ3) is 3.16. The number of ketones is 2. The lowest BCUT2D eigenvalue weighted by Crippen LogP contribution is -2.73. The van der Waals surface area contributed by atoms with E-state index in [4.69, 9.17) is 5.73 Å². The van der Waals surface area contributed by atoms with E-state index < -0.39 is 58.7 Å². The molecule has 36 heavy (non-hydrogen) atoms. The minimum atomic E-state index is -2.65. The van der Waals surface area contributed by atoms with Crippen LogP contribution in [0.3, 0.4) is 0 Å². The van der Waals surface area contributed by atoms with Crippen molar-refractivity contribution in [2.24, 2.45) is 23.5 Å². The first kappa shape index (κ1) is 24.2. The van der Waals surface area contributed by atoms with Crippen molar-refractivity contribution in [1.29, 1.82) is 0 Å². The number of carbonyl (C=O) groups excluding carboxylic acids is 3. The van der Waals surface area contributed by atoms with Crippen LogP contribution in [-0.2, 0) is 20.8 Å². The van der Waals surface area contributed by atoms with Crippen molar-refractivity contribution in [3.63, 3.8) is 0 Å². The maximum Gasteiger partial charge on any atom is 0.230 e. The summed E-state index contributed by atoms with van der Waals surface area (Å²) < 4.78 is 0.